The molecule has 0 bridgehead atoms. The maximum Gasteiger partial charge on any atom is 0.140 e. The summed E-state index contributed by atoms with van der Waals surface area (Å²) in [5.74, 6) is 0.838. The number of hydrogen-bond donors (Lipinski definition) is 1. The Morgan fingerprint density at radius 1 is 1.53 bits per heavy atom. The summed E-state index contributed by atoms with van der Waals surface area (Å²) in [7, 11) is 0. The number of aromatic nitrogens is 1. The second-order valence-corrected chi connectivity index (χ2v) is 4.96. The van der Waals surface area contributed by atoms with Crippen LogP contribution >= 0.6 is 31.9 Å². The van der Waals surface area contributed by atoms with E-state index in [1.165, 1.54) is 0 Å². The van der Waals surface area contributed by atoms with Crippen molar-refractivity contribution in [3.63, 3.8) is 0 Å². The van der Waals surface area contributed by atoms with E-state index in [1.54, 1.807) is 6.20 Å². The van der Waals surface area contributed by atoms with Gasteiger partial charge in [0.25, 0.3) is 0 Å². The van der Waals surface area contributed by atoms with Crippen LogP contribution in [0, 0.1) is 0 Å². The molecule has 0 saturated heterocycles. The lowest BCUT2D eigenvalue weighted by Crippen LogP contribution is -2.22. The minimum Gasteiger partial charge on any atom is -0.380 e. The first kappa shape index (κ1) is 12.9. The molecule has 0 radical (unpaired) electrons. The Hall–Kier alpha value is -0.130. The number of anilines is 1. The Bertz CT molecular complexity index is 320. The third-order valence-electron chi connectivity index (χ3n) is 1.76. The normalized spacial score (nSPS) is 12.5. The molecule has 0 spiro atoms. The average Bonchev–Trinajstić information content (AvgIpc) is 2.19. The second-order valence-electron chi connectivity index (χ2n) is 3.19. The number of nitrogens with one attached hydrogen (secondary N) is 1. The topological polar surface area (TPSA) is 34.1 Å². The number of pyridine rings is 1. The quantitative estimate of drug-likeness (QED) is 0.893. The fraction of sp³-hybridized carbons (Fsp3) is 0.500. The van der Waals surface area contributed by atoms with E-state index < -0.39 is 0 Å². The molecule has 0 aliphatic heterocycles. The first-order chi connectivity index (χ1) is 7.13. The first-order valence-corrected chi connectivity index (χ1v) is 6.37. The van der Waals surface area contributed by atoms with Crippen molar-refractivity contribution in [2.45, 2.75) is 19.9 Å². The number of nitrogens with zero attached hydrogens (tertiary/aromatic N) is 1. The van der Waals surface area contributed by atoms with Crippen molar-refractivity contribution in [1.29, 1.82) is 0 Å². The molecule has 15 heavy (non-hydrogen) atoms. The highest BCUT2D eigenvalue weighted by Crippen LogP contribution is 2.23. The Kier molecular flexibility index (Phi) is 5.56. The summed E-state index contributed by atoms with van der Waals surface area (Å²) < 4.78 is 7.22. The Balaban J connectivity index is 2.56. The van der Waals surface area contributed by atoms with Crippen LogP contribution in [0.5, 0.6) is 0 Å². The van der Waals surface area contributed by atoms with Crippen LogP contribution in [0.3, 0.4) is 0 Å². The molecule has 84 valence electrons. The number of halogens is 2. The molecule has 1 heterocycles. The molecular weight excluding hydrogens is 324 g/mol. The van der Waals surface area contributed by atoms with E-state index in [1.807, 2.05) is 13.0 Å². The van der Waals surface area contributed by atoms with Crippen LogP contribution in [-0.2, 0) is 4.74 Å². The van der Waals surface area contributed by atoms with E-state index in [4.69, 9.17) is 4.74 Å². The lowest BCUT2D eigenvalue weighted by atomic mass is 10.3. The van der Waals surface area contributed by atoms with E-state index >= 15 is 0 Å². The standard InChI is InChI=1S/C10H14Br2N2O/c1-3-15-6-7(2)14-10-9(12)4-8(11)5-13-10/h4-5,7H,3,6H2,1-2H3,(H,13,14). The molecule has 1 aromatic rings. The molecule has 1 atom stereocenters. The van der Waals surface area contributed by atoms with Crippen LogP contribution in [0.15, 0.2) is 21.2 Å². The van der Waals surface area contributed by atoms with Crippen molar-refractivity contribution in [2.24, 2.45) is 0 Å². The number of ether oxygens (including phenoxy) is 1. The van der Waals surface area contributed by atoms with Gasteiger partial charge < -0.3 is 10.1 Å². The zero-order valence-electron chi connectivity index (χ0n) is 8.76. The monoisotopic (exact) mass is 336 g/mol. The van der Waals surface area contributed by atoms with Gasteiger partial charge in [-0.2, -0.15) is 0 Å². The van der Waals surface area contributed by atoms with Crippen LogP contribution in [0.2, 0.25) is 0 Å². The Morgan fingerprint density at radius 3 is 2.87 bits per heavy atom. The van der Waals surface area contributed by atoms with Gasteiger partial charge in [0.15, 0.2) is 0 Å². The Morgan fingerprint density at radius 2 is 2.27 bits per heavy atom. The van der Waals surface area contributed by atoms with Gasteiger partial charge in [0, 0.05) is 23.3 Å². The van der Waals surface area contributed by atoms with Crippen molar-refractivity contribution in [3.05, 3.63) is 21.2 Å². The van der Waals surface area contributed by atoms with Gasteiger partial charge in [-0.15, -0.1) is 0 Å². The Labute approximate surface area is 107 Å². The minimum absolute atomic E-state index is 0.245. The molecule has 0 aliphatic carbocycles. The molecule has 1 unspecified atom stereocenters. The summed E-state index contributed by atoms with van der Waals surface area (Å²) in [5, 5.41) is 3.27. The van der Waals surface area contributed by atoms with Gasteiger partial charge in [-0.25, -0.2) is 4.98 Å². The van der Waals surface area contributed by atoms with Gasteiger partial charge in [0.2, 0.25) is 0 Å². The minimum atomic E-state index is 0.245. The highest BCUT2D eigenvalue weighted by molar-refractivity contribution is 9.11. The van der Waals surface area contributed by atoms with Crippen LogP contribution < -0.4 is 5.32 Å². The third-order valence-corrected chi connectivity index (χ3v) is 2.80. The molecule has 5 heteroatoms. The summed E-state index contributed by atoms with van der Waals surface area (Å²) in [4.78, 5) is 4.27. The van der Waals surface area contributed by atoms with Gasteiger partial charge in [-0.3, -0.25) is 0 Å². The molecule has 0 amide bonds. The molecule has 1 aromatic heterocycles. The summed E-state index contributed by atoms with van der Waals surface area (Å²) in [5.41, 5.74) is 0. The van der Waals surface area contributed by atoms with Gasteiger partial charge >= 0.3 is 0 Å². The molecule has 1 rings (SSSR count). The predicted molar refractivity (Wildman–Crippen MR) is 69.2 cm³/mol. The zero-order chi connectivity index (χ0) is 11.3. The third kappa shape index (κ3) is 4.49. The highest BCUT2D eigenvalue weighted by Gasteiger charge is 2.06. The molecular formula is C10H14Br2N2O. The van der Waals surface area contributed by atoms with Gasteiger partial charge in [0.05, 0.1) is 11.1 Å². The van der Waals surface area contributed by atoms with Gasteiger partial charge in [-0.1, -0.05) is 0 Å². The van der Waals surface area contributed by atoms with Gasteiger partial charge in [0.1, 0.15) is 5.82 Å². The average molecular weight is 338 g/mol. The van der Waals surface area contributed by atoms with Crippen molar-refractivity contribution >= 4 is 37.7 Å². The smallest absolute Gasteiger partial charge is 0.140 e. The highest BCUT2D eigenvalue weighted by atomic mass is 79.9. The summed E-state index contributed by atoms with van der Waals surface area (Å²) in [6, 6.07) is 2.21. The number of rotatable bonds is 5. The van der Waals surface area contributed by atoms with E-state index in [2.05, 4.69) is 49.1 Å². The van der Waals surface area contributed by atoms with Crippen molar-refractivity contribution in [3.8, 4) is 0 Å². The van der Waals surface area contributed by atoms with Crippen molar-refractivity contribution in [1.82, 2.24) is 4.98 Å². The van der Waals surface area contributed by atoms with E-state index in [9.17, 15) is 0 Å². The summed E-state index contributed by atoms with van der Waals surface area (Å²) in [6.07, 6.45) is 1.76. The lowest BCUT2D eigenvalue weighted by Gasteiger charge is -2.15. The molecule has 0 saturated carbocycles. The maximum atomic E-state index is 5.32. The van der Waals surface area contributed by atoms with E-state index in [0.29, 0.717) is 6.61 Å². The molecule has 1 N–H and O–H groups in total. The number of hydrogen-bond acceptors (Lipinski definition) is 3. The maximum absolute atomic E-state index is 5.32. The lowest BCUT2D eigenvalue weighted by molar-refractivity contribution is 0.141. The molecule has 0 aromatic carbocycles. The van der Waals surface area contributed by atoms with Gasteiger partial charge in [-0.05, 0) is 51.8 Å². The SMILES string of the molecule is CCOCC(C)Nc1ncc(Br)cc1Br. The zero-order valence-corrected chi connectivity index (χ0v) is 11.9. The summed E-state index contributed by atoms with van der Waals surface area (Å²) in [6.45, 7) is 5.47. The summed E-state index contributed by atoms with van der Waals surface area (Å²) >= 11 is 6.81. The molecule has 0 fully saturated rings. The van der Waals surface area contributed by atoms with Crippen molar-refractivity contribution < 1.29 is 4.74 Å². The van der Waals surface area contributed by atoms with Crippen LogP contribution in [-0.4, -0.2) is 24.2 Å². The largest absolute Gasteiger partial charge is 0.380 e. The van der Waals surface area contributed by atoms with Crippen LogP contribution in [0.1, 0.15) is 13.8 Å². The molecule has 0 aliphatic rings. The first-order valence-electron chi connectivity index (χ1n) is 4.78. The fourth-order valence-electron chi connectivity index (χ4n) is 1.09. The van der Waals surface area contributed by atoms with E-state index in [0.717, 1.165) is 21.4 Å². The van der Waals surface area contributed by atoms with Crippen LogP contribution in [0.25, 0.3) is 0 Å². The van der Waals surface area contributed by atoms with E-state index in [-0.39, 0.29) is 6.04 Å². The fourth-order valence-corrected chi connectivity index (χ4v) is 2.19. The molecule has 3 nitrogen and oxygen atoms in total. The van der Waals surface area contributed by atoms with Crippen LogP contribution in [0.4, 0.5) is 5.82 Å². The van der Waals surface area contributed by atoms with Crippen molar-refractivity contribution in [2.75, 3.05) is 18.5 Å². The second kappa shape index (κ2) is 6.45. The predicted octanol–water partition coefficient (Wildman–Crippen LogP) is 3.44.